The van der Waals surface area contributed by atoms with Crippen LogP contribution >= 0.6 is 23.2 Å². The zero-order valence-electron chi connectivity index (χ0n) is 9.81. The molecule has 0 heterocycles. The van der Waals surface area contributed by atoms with Gasteiger partial charge in [-0.1, -0.05) is 47.5 Å². The minimum atomic E-state index is -0.998. The van der Waals surface area contributed by atoms with Crippen molar-refractivity contribution in [1.82, 2.24) is 0 Å². The number of rotatable bonds is 3. The Morgan fingerprint density at radius 3 is 2.26 bits per heavy atom. The van der Waals surface area contributed by atoms with Crippen molar-refractivity contribution in [2.45, 2.75) is 0 Å². The number of halogens is 2. The monoisotopic (exact) mass is 292 g/mol. The van der Waals surface area contributed by atoms with Gasteiger partial charge < -0.3 is 5.11 Å². The molecule has 0 aliphatic heterocycles. The smallest absolute Gasteiger partial charge is 0.336 e. The second-order valence-corrected chi connectivity index (χ2v) is 4.80. The van der Waals surface area contributed by atoms with Gasteiger partial charge in [0, 0.05) is 10.0 Å². The Hall–Kier alpha value is -1.77. The molecule has 0 aliphatic carbocycles. The fourth-order valence-electron chi connectivity index (χ4n) is 1.66. The highest BCUT2D eigenvalue weighted by Gasteiger charge is 2.10. The van der Waals surface area contributed by atoms with Gasteiger partial charge in [0.25, 0.3) is 0 Å². The molecule has 0 radical (unpaired) electrons. The lowest BCUT2D eigenvalue weighted by molar-refractivity contribution is -0.130. The summed E-state index contributed by atoms with van der Waals surface area (Å²) < 4.78 is 0. The van der Waals surface area contributed by atoms with Gasteiger partial charge in [-0.25, -0.2) is 4.79 Å². The van der Waals surface area contributed by atoms with E-state index in [1.165, 1.54) is 0 Å². The first-order valence-electron chi connectivity index (χ1n) is 5.53. The Kier molecular flexibility index (Phi) is 4.25. The molecule has 0 aromatic heterocycles. The molecule has 0 fully saturated rings. The van der Waals surface area contributed by atoms with Gasteiger partial charge in [-0.05, 0) is 41.5 Å². The number of hydrogen-bond acceptors (Lipinski definition) is 1. The molecule has 0 saturated carbocycles. The third-order valence-electron chi connectivity index (χ3n) is 2.55. The van der Waals surface area contributed by atoms with E-state index in [1.807, 2.05) is 0 Å². The standard InChI is InChI=1S/C15H10Cl2O2/c16-12-6-4-11(5-7-12)14(15(18)19)9-10-2-1-3-13(17)8-10/h1-9H,(H,18,19). The third-order valence-corrected chi connectivity index (χ3v) is 3.03. The molecular weight excluding hydrogens is 283 g/mol. The van der Waals surface area contributed by atoms with Crippen molar-refractivity contribution in [3.8, 4) is 0 Å². The number of hydrogen-bond donors (Lipinski definition) is 1. The lowest BCUT2D eigenvalue weighted by atomic mass is 10.0. The fourth-order valence-corrected chi connectivity index (χ4v) is 1.99. The summed E-state index contributed by atoms with van der Waals surface area (Å²) in [4.78, 5) is 11.3. The van der Waals surface area contributed by atoms with Gasteiger partial charge in [0.1, 0.15) is 0 Å². The maximum absolute atomic E-state index is 11.3. The molecule has 2 nitrogen and oxygen atoms in total. The maximum Gasteiger partial charge on any atom is 0.336 e. The highest BCUT2D eigenvalue weighted by atomic mass is 35.5. The topological polar surface area (TPSA) is 37.3 Å². The minimum absolute atomic E-state index is 0.193. The minimum Gasteiger partial charge on any atom is -0.478 e. The van der Waals surface area contributed by atoms with Gasteiger partial charge in [-0.15, -0.1) is 0 Å². The first-order chi connectivity index (χ1) is 9.06. The van der Waals surface area contributed by atoms with E-state index >= 15 is 0 Å². The fraction of sp³-hybridized carbons (Fsp3) is 0. The number of carboxylic acids is 1. The van der Waals surface area contributed by atoms with E-state index in [0.717, 1.165) is 5.56 Å². The molecule has 0 unspecified atom stereocenters. The van der Waals surface area contributed by atoms with Crippen LogP contribution in [-0.2, 0) is 4.79 Å². The van der Waals surface area contributed by atoms with Crippen molar-refractivity contribution in [2.75, 3.05) is 0 Å². The van der Waals surface area contributed by atoms with E-state index in [2.05, 4.69) is 0 Å². The summed E-state index contributed by atoms with van der Waals surface area (Å²) in [5.41, 5.74) is 1.52. The zero-order chi connectivity index (χ0) is 13.8. The second-order valence-electron chi connectivity index (χ2n) is 3.93. The highest BCUT2D eigenvalue weighted by molar-refractivity contribution is 6.31. The molecule has 0 aliphatic rings. The summed E-state index contributed by atoms with van der Waals surface area (Å²) in [6.07, 6.45) is 1.58. The van der Waals surface area contributed by atoms with Crippen LogP contribution in [0.1, 0.15) is 11.1 Å². The zero-order valence-corrected chi connectivity index (χ0v) is 11.3. The number of aliphatic carboxylic acids is 1. The largest absolute Gasteiger partial charge is 0.478 e. The lowest BCUT2D eigenvalue weighted by Gasteiger charge is -2.04. The van der Waals surface area contributed by atoms with Crippen molar-refractivity contribution in [2.24, 2.45) is 0 Å². The summed E-state index contributed by atoms with van der Waals surface area (Å²) in [7, 11) is 0. The first kappa shape index (κ1) is 13.7. The summed E-state index contributed by atoms with van der Waals surface area (Å²) >= 11 is 11.7. The normalized spacial score (nSPS) is 11.4. The van der Waals surface area contributed by atoms with Crippen LogP contribution in [0.2, 0.25) is 10.0 Å². The molecule has 0 atom stereocenters. The molecule has 2 aromatic rings. The molecule has 0 bridgehead atoms. The predicted molar refractivity (Wildman–Crippen MR) is 78.4 cm³/mol. The molecule has 0 saturated heterocycles. The molecule has 19 heavy (non-hydrogen) atoms. The van der Waals surface area contributed by atoms with Crippen molar-refractivity contribution >= 4 is 40.8 Å². The molecule has 0 amide bonds. The van der Waals surface area contributed by atoms with Crippen LogP contribution < -0.4 is 0 Å². The van der Waals surface area contributed by atoms with Crippen LogP contribution in [-0.4, -0.2) is 11.1 Å². The van der Waals surface area contributed by atoms with E-state index in [1.54, 1.807) is 54.6 Å². The van der Waals surface area contributed by atoms with Gasteiger partial charge in [0.15, 0.2) is 0 Å². The van der Waals surface area contributed by atoms with Gasteiger partial charge in [0.05, 0.1) is 5.57 Å². The van der Waals surface area contributed by atoms with Crippen molar-refractivity contribution in [3.05, 3.63) is 69.7 Å². The average Bonchev–Trinajstić information content (AvgIpc) is 2.37. The number of benzene rings is 2. The molecule has 4 heteroatoms. The van der Waals surface area contributed by atoms with Gasteiger partial charge in [0.2, 0.25) is 0 Å². The maximum atomic E-state index is 11.3. The summed E-state index contributed by atoms with van der Waals surface area (Å²) in [5.74, 6) is -0.998. The van der Waals surface area contributed by atoms with E-state index < -0.39 is 5.97 Å². The quantitative estimate of drug-likeness (QED) is 0.662. The van der Waals surface area contributed by atoms with E-state index in [0.29, 0.717) is 15.6 Å². The van der Waals surface area contributed by atoms with Crippen LogP contribution in [0.3, 0.4) is 0 Å². The Bertz CT molecular complexity index is 631. The molecule has 1 N–H and O–H groups in total. The molecule has 2 rings (SSSR count). The van der Waals surface area contributed by atoms with Crippen molar-refractivity contribution in [1.29, 1.82) is 0 Å². The third kappa shape index (κ3) is 3.60. The summed E-state index contributed by atoms with van der Waals surface area (Å²) in [5, 5.41) is 10.4. The van der Waals surface area contributed by atoms with Gasteiger partial charge >= 0.3 is 5.97 Å². The summed E-state index contributed by atoms with van der Waals surface area (Å²) in [6, 6.07) is 13.7. The lowest BCUT2D eigenvalue weighted by Crippen LogP contribution is -1.99. The van der Waals surface area contributed by atoms with E-state index in [9.17, 15) is 9.90 Å². The van der Waals surface area contributed by atoms with Crippen molar-refractivity contribution < 1.29 is 9.90 Å². The Labute approximate surface area is 120 Å². The van der Waals surface area contributed by atoms with Crippen LogP contribution in [0.4, 0.5) is 0 Å². The molecular formula is C15H10Cl2O2. The molecule has 2 aromatic carbocycles. The Balaban J connectivity index is 2.46. The van der Waals surface area contributed by atoms with Crippen molar-refractivity contribution in [3.63, 3.8) is 0 Å². The molecule has 96 valence electrons. The van der Waals surface area contributed by atoms with Gasteiger partial charge in [-0.2, -0.15) is 0 Å². The predicted octanol–water partition coefficient (Wildman–Crippen LogP) is 4.62. The Morgan fingerprint density at radius 1 is 1.00 bits per heavy atom. The van der Waals surface area contributed by atoms with E-state index in [-0.39, 0.29) is 5.57 Å². The van der Waals surface area contributed by atoms with Crippen LogP contribution in [0.15, 0.2) is 48.5 Å². The van der Waals surface area contributed by atoms with Crippen LogP contribution in [0, 0.1) is 0 Å². The Morgan fingerprint density at radius 2 is 1.68 bits per heavy atom. The van der Waals surface area contributed by atoms with Crippen LogP contribution in [0.5, 0.6) is 0 Å². The number of carboxylic acid groups (broad SMARTS) is 1. The first-order valence-corrected chi connectivity index (χ1v) is 6.28. The highest BCUT2D eigenvalue weighted by Crippen LogP contribution is 2.22. The molecule has 0 spiro atoms. The SMILES string of the molecule is O=C(O)C(=Cc1cccc(Cl)c1)c1ccc(Cl)cc1. The second kappa shape index (κ2) is 5.91. The van der Waals surface area contributed by atoms with Gasteiger partial charge in [-0.3, -0.25) is 0 Å². The van der Waals surface area contributed by atoms with Crippen LogP contribution in [0.25, 0.3) is 11.6 Å². The van der Waals surface area contributed by atoms with E-state index in [4.69, 9.17) is 23.2 Å². The number of carbonyl (C=O) groups is 1. The average molecular weight is 293 g/mol. The summed E-state index contributed by atoms with van der Waals surface area (Å²) in [6.45, 7) is 0.